The maximum Gasteiger partial charge on any atom is 0.338 e. The number of hydrogen-bond acceptors (Lipinski definition) is 11. The Morgan fingerprint density at radius 2 is 1.50 bits per heavy atom. The van der Waals surface area contributed by atoms with Gasteiger partial charge in [0.2, 0.25) is 0 Å². The Kier molecular flexibility index (Phi) is 7.17. The molecule has 0 radical (unpaired) electrons. The highest BCUT2D eigenvalue weighted by molar-refractivity contribution is 7.07. The van der Waals surface area contributed by atoms with E-state index in [4.69, 9.17) is 24.7 Å². The first-order valence-electron chi connectivity index (χ1n) is 11.0. The van der Waals surface area contributed by atoms with E-state index in [0.29, 0.717) is 11.1 Å². The lowest BCUT2D eigenvalue weighted by Crippen LogP contribution is -2.41. The number of esters is 2. The van der Waals surface area contributed by atoms with Gasteiger partial charge in [-0.2, -0.15) is 0 Å². The number of methoxy groups -OCH3 is 4. The summed E-state index contributed by atoms with van der Waals surface area (Å²) < 4.78 is 21.8. The molecule has 1 aliphatic heterocycles. The molecule has 4 rings (SSSR count). The van der Waals surface area contributed by atoms with Crippen LogP contribution in [0.5, 0.6) is 23.0 Å². The van der Waals surface area contributed by atoms with Gasteiger partial charge in [-0.3, -0.25) is 9.36 Å². The van der Waals surface area contributed by atoms with E-state index in [1.165, 1.54) is 51.7 Å². The first-order valence-corrected chi connectivity index (χ1v) is 11.9. The predicted molar refractivity (Wildman–Crippen MR) is 138 cm³/mol. The Bertz CT molecular complexity index is 1670. The lowest BCUT2D eigenvalue weighted by atomic mass is 9.83. The second-order valence-corrected chi connectivity index (χ2v) is 9.08. The van der Waals surface area contributed by atoms with Crippen molar-refractivity contribution in [3.8, 4) is 23.0 Å². The highest BCUT2D eigenvalue weighted by atomic mass is 32.1. The third-order valence-corrected chi connectivity index (χ3v) is 7.11. The molecule has 1 aliphatic rings. The number of carbonyl (C=O) groups excluding carboxylic acids is 2. The number of phenolic OH excluding ortho intramolecular Hbond substituents is 2. The second-order valence-electron chi connectivity index (χ2n) is 8.05. The summed E-state index contributed by atoms with van der Waals surface area (Å²) in [7, 11) is 5.08. The molecule has 12 heteroatoms. The van der Waals surface area contributed by atoms with Crippen molar-refractivity contribution < 1.29 is 38.7 Å². The standard InChI is InChI=1S/C26H24N2O9S/c1-34-16-9-12(5-7-14(16)29)10-18-23(31)28-22(27)20(25(32)36-3)19(21(24(28)38-18)26(33)37-4)13-6-8-15(30)17(11-13)35-2/h5-11,19,29-30H,27H2,1-4H3. The van der Waals surface area contributed by atoms with Crippen molar-refractivity contribution in [2.75, 3.05) is 28.4 Å². The quantitative estimate of drug-likeness (QED) is 0.378. The molecule has 198 valence electrons. The Balaban J connectivity index is 2.11. The van der Waals surface area contributed by atoms with Gasteiger partial charge in [-0.05, 0) is 41.5 Å². The van der Waals surface area contributed by atoms with E-state index in [1.807, 2.05) is 0 Å². The van der Waals surface area contributed by atoms with Crippen LogP contribution in [0.2, 0.25) is 0 Å². The summed E-state index contributed by atoms with van der Waals surface area (Å²) in [6.45, 7) is 0. The summed E-state index contributed by atoms with van der Waals surface area (Å²) in [5.41, 5.74) is 6.53. The molecule has 1 atom stereocenters. The van der Waals surface area contributed by atoms with Gasteiger partial charge >= 0.3 is 11.9 Å². The van der Waals surface area contributed by atoms with Crippen LogP contribution in [0.3, 0.4) is 0 Å². The number of aromatic nitrogens is 1. The van der Waals surface area contributed by atoms with Crippen molar-refractivity contribution in [3.63, 3.8) is 0 Å². The number of ether oxygens (including phenoxy) is 4. The van der Waals surface area contributed by atoms with Gasteiger partial charge in [0.15, 0.2) is 23.0 Å². The Labute approximate surface area is 219 Å². The minimum atomic E-state index is -1.11. The lowest BCUT2D eigenvalue weighted by Gasteiger charge is -2.26. The molecule has 1 unspecified atom stereocenters. The summed E-state index contributed by atoms with van der Waals surface area (Å²) in [5, 5.41) is 20.0. The van der Waals surface area contributed by atoms with Crippen LogP contribution < -0.4 is 30.0 Å². The number of benzene rings is 2. The molecule has 2 aromatic carbocycles. The molecule has 0 bridgehead atoms. The van der Waals surface area contributed by atoms with Crippen LogP contribution in [0.15, 0.2) is 46.8 Å². The molecule has 38 heavy (non-hydrogen) atoms. The van der Waals surface area contributed by atoms with Gasteiger partial charge in [0, 0.05) is 0 Å². The minimum absolute atomic E-state index is 0.0279. The zero-order chi connectivity index (χ0) is 27.7. The topological polar surface area (TPSA) is 160 Å². The van der Waals surface area contributed by atoms with Crippen LogP contribution in [0.1, 0.15) is 17.0 Å². The molecule has 0 fully saturated rings. The first-order chi connectivity index (χ1) is 18.2. The van der Waals surface area contributed by atoms with Crippen LogP contribution >= 0.6 is 11.3 Å². The maximum absolute atomic E-state index is 13.5. The zero-order valence-corrected chi connectivity index (χ0v) is 21.6. The summed E-state index contributed by atoms with van der Waals surface area (Å²) >= 11 is 0.970. The van der Waals surface area contributed by atoms with Crippen molar-refractivity contribution >= 4 is 40.7 Å². The molecule has 3 aromatic rings. The number of rotatable bonds is 6. The van der Waals surface area contributed by atoms with Gasteiger partial charge in [0.1, 0.15) is 10.5 Å². The van der Waals surface area contributed by atoms with E-state index in [1.54, 1.807) is 12.1 Å². The normalized spacial score (nSPS) is 15.2. The second kappa shape index (κ2) is 10.3. The van der Waals surface area contributed by atoms with Gasteiger partial charge in [-0.15, -0.1) is 11.3 Å². The third-order valence-electron chi connectivity index (χ3n) is 6.00. The molecule has 0 saturated heterocycles. The van der Waals surface area contributed by atoms with E-state index in [-0.39, 0.29) is 49.2 Å². The highest BCUT2D eigenvalue weighted by Gasteiger charge is 2.40. The fourth-order valence-corrected chi connectivity index (χ4v) is 5.37. The summed E-state index contributed by atoms with van der Waals surface area (Å²) in [6, 6.07) is 8.83. The molecule has 2 heterocycles. The molecule has 0 saturated carbocycles. The van der Waals surface area contributed by atoms with Crippen LogP contribution in [0, 0.1) is 0 Å². The number of phenols is 2. The molecule has 0 amide bonds. The number of nitrogens with zero attached hydrogens (tertiary/aromatic N) is 1. The number of carbonyl (C=O) groups is 2. The Morgan fingerprint density at radius 3 is 2.11 bits per heavy atom. The smallest absolute Gasteiger partial charge is 0.338 e. The molecular formula is C26H24N2O9S. The van der Waals surface area contributed by atoms with Gasteiger partial charge in [0.25, 0.3) is 5.56 Å². The van der Waals surface area contributed by atoms with E-state index < -0.39 is 23.4 Å². The molecule has 0 spiro atoms. The average molecular weight is 541 g/mol. The SMILES string of the molecule is COC(=O)C1=C(N)n2c(sc(=Cc3ccc(O)c(OC)c3)c2=O)=C(C(=O)OC)C1c1ccc(O)c(OC)c1. The van der Waals surface area contributed by atoms with Crippen LogP contribution in [-0.2, 0) is 19.1 Å². The fraction of sp³-hybridized carbons (Fsp3) is 0.192. The molecule has 0 aliphatic carbocycles. The number of thiazole rings is 1. The largest absolute Gasteiger partial charge is 0.504 e. The highest BCUT2D eigenvalue weighted by Crippen LogP contribution is 2.40. The van der Waals surface area contributed by atoms with E-state index in [2.05, 4.69) is 0 Å². The lowest BCUT2D eigenvalue weighted by molar-refractivity contribution is -0.136. The molecule has 1 aromatic heterocycles. The summed E-state index contributed by atoms with van der Waals surface area (Å²) in [5.74, 6) is -2.92. The molecule has 11 nitrogen and oxygen atoms in total. The van der Waals surface area contributed by atoms with Crippen LogP contribution in [-0.4, -0.2) is 55.2 Å². The average Bonchev–Trinajstić information content (AvgIpc) is 3.24. The molecule has 4 N–H and O–H groups in total. The maximum atomic E-state index is 13.5. The van der Waals surface area contributed by atoms with E-state index in [9.17, 15) is 24.6 Å². The number of nitrogens with two attached hydrogens (primary N) is 1. The van der Waals surface area contributed by atoms with Crippen LogP contribution in [0.4, 0.5) is 0 Å². The van der Waals surface area contributed by atoms with Gasteiger partial charge in [-0.25, -0.2) is 9.59 Å². The first kappa shape index (κ1) is 26.4. The third kappa shape index (κ3) is 4.34. The molecular weight excluding hydrogens is 516 g/mol. The predicted octanol–water partition coefficient (Wildman–Crippen LogP) is 0.588. The van der Waals surface area contributed by atoms with E-state index >= 15 is 0 Å². The number of aromatic hydroxyl groups is 2. The summed E-state index contributed by atoms with van der Waals surface area (Å²) in [6.07, 6.45) is 1.54. The summed E-state index contributed by atoms with van der Waals surface area (Å²) in [4.78, 5) is 39.7. The van der Waals surface area contributed by atoms with Crippen molar-refractivity contribution in [1.82, 2.24) is 4.57 Å². The fourth-order valence-electron chi connectivity index (χ4n) is 4.21. The van der Waals surface area contributed by atoms with Crippen molar-refractivity contribution in [2.45, 2.75) is 5.92 Å². The monoisotopic (exact) mass is 540 g/mol. The van der Waals surface area contributed by atoms with Crippen molar-refractivity contribution in [2.24, 2.45) is 5.73 Å². The minimum Gasteiger partial charge on any atom is -0.504 e. The van der Waals surface area contributed by atoms with Gasteiger partial charge in [-0.1, -0.05) is 12.1 Å². The Morgan fingerprint density at radius 1 is 0.921 bits per heavy atom. The van der Waals surface area contributed by atoms with Crippen LogP contribution in [0.25, 0.3) is 17.5 Å². The van der Waals surface area contributed by atoms with E-state index in [0.717, 1.165) is 23.0 Å². The van der Waals surface area contributed by atoms with Gasteiger partial charge < -0.3 is 34.9 Å². The number of hydrogen-bond donors (Lipinski definition) is 3. The van der Waals surface area contributed by atoms with Gasteiger partial charge in [0.05, 0.1) is 50.0 Å². The Hall–Kier alpha value is -4.71. The number of fused-ring (bicyclic) bond motifs is 1. The zero-order valence-electron chi connectivity index (χ0n) is 20.8. The van der Waals surface area contributed by atoms with Crippen molar-refractivity contribution in [1.29, 1.82) is 0 Å². The van der Waals surface area contributed by atoms with Crippen molar-refractivity contribution in [3.05, 3.63) is 72.6 Å².